The molecule has 0 saturated carbocycles. The Hall–Kier alpha value is -3.00. The molecule has 0 amide bonds. The van der Waals surface area contributed by atoms with Crippen LogP contribution >= 0.6 is 0 Å². The number of fused-ring (bicyclic) bond motifs is 1. The highest BCUT2D eigenvalue weighted by Gasteiger charge is 2.29. The number of Topliss-reactive ketones (excluding diaryl/α,β-unsaturated/α-hetero) is 1. The molecule has 3 rings (SSSR count). The van der Waals surface area contributed by atoms with Crippen molar-refractivity contribution < 1.29 is 22.7 Å². The Kier molecular flexibility index (Phi) is 7.68. The lowest BCUT2D eigenvalue weighted by molar-refractivity contribution is -0.142. The number of benzene rings is 2. The summed E-state index contributed by atoms with van der Waals surface area (Å²) < 4.78 is 31.7. The van der Waals surface area contributed by atoms with Crippen molar-refractivity contribution in [3.8, 4) is 0 Å². The molecule has 0 aliphatic carbocycles. The summed E-state index contributed by atoms with van der Waals surface area (Å²) in [4.78, 5) is 28.8. The van der Waals surface area contributed by atoms with Crippen LogP contribution in [0.25, 0.3) is 0 Å². The number of nitrogens with one attached hydrogen (secondary N) is 1. The molecule has 1 aliphatic rings. The number of hydrogen-bond donors (Lipinski definition) is 1. The van der Waals surface area contributed by atoms with Crippen molar-refractivity contribution >= 4 is 27.6 Å². The first-order valence-electron chi connectivity index (χ1n) is 11.0. The average molecular weight is 471 g/mol. The fraction of sp³-hybridized carbons (Fsp3) is 0.400. The Morgan fingerprint density at radius 2 is 1.67 bits per heavy atom. The first-order valence-corrected chi connectivity index (χ1v) is 12.5. The van der Waals surface area contributed by atoms with E-state index in [1.807, 2.05) is 12.1 Å². The number of rotatable bonds is 9. The van der Waals surface area contributed by atoms with Gasteiger partial charge in [0.2, 0.25) is 0 Å². The lowest BCUT2D eigenvalue weighted by Crippen LogP contribution is -2.22. The van der Waals surface area contributed by atoms with Crippen molar-refractivity contribution in [2.24, 2.45) is 4.99 Å². The average Bonchev–Trinajstić information content (AvgIpc) is 3.04. The first-order chi connectivity index (χ1) is 15.6. The summed E-state index contributed by atoms with van der Waals surface area (Å²) >= 11 is 0. The van der Waals surface area contributed by atoms with Gasteiger partial charge in [0.05, 0.1) is 4.90 Å². The van der Waals surface area contributed by atoms with E-state index in [-0.39, 0.29) is 29.1 Å². The number of esters is 1. The summed E-state index contributed by atoms with van der Waals surface area (Å²) in [5, 5.41) is 0. The lowest BCUT2D eigenvalue weighted by Gasteiger charge is -2.18. The summed E-state index contributed by atoms with van der Waals surface area (Å²) in [6, 6.07) is 14.1. The molecular weight excluding hydrogens is 440 g/mol. The van der Waals surface area contributed by atoms with Gasteiger partial charge in [0, 0.05) is 24.1 Å². The topological polar surface area (TPSA) is 102 Å². The second kappa shape index (κ2) is 10.3. The van der Waals surface area contributed by atoms with Gasteiger partial charge in [0.25, 0.3) is 10.0 Å². The van der Waals surface area contributed by atoms with E-state index in [0.717, 1.165) is 12.0 Å². The minimum Gasteiger partial charge on any atom is -0.457 e. The number of carbonyl (C=O) groups excluding carboxylic acids is 2. The van der Waals surface area contributed by atoms with Gasteiger partial charge in [-0.05, 0) is 36.0 Å². The number of carbonyl (C=O) groups is 2. The van der Waals surface area contributed by atoms with Crippen molar-refractivity contribution in [3.63, 3.8) is 0 Å². The number of hydrogen-bond acceptors (Lipinski definition) is 6. The predicted molar refractivity (Wildman–Crippen MR) is 127 cm³/mol. The normalized spacial score (nSPS) is 15.7. The highest BCUT2D eigenvalue weighted by Crippen LogP contribution is 2.23. The molecule has 0 atom stereocenters. The third kappa shape index (κ3) is 6.51. The molecule has 176 valence electrons. The van der Waals surface area contributed by atoms with Crippen molar-refractivity contribution in [1.29, 1.82) is 0 Å². The molecular formula is C25H30N2O5S. The standard InChI is InChI=1S/C25H30N2O5S/c1-25(2,3)19-14-12-18(13-15-19)21(28)17-32-23(29)11-5-4-8-16-26-24-20-9-6-7-10-22(20)33(30,31)27-24/h6-7,9-10,12-15H,4-5,8,11,16-17H2,1-3H3,(H,26,27). The smallest absolute Gasteiger partial charge is 0.306 e. The van der Waals surface area contributed by atoms with E-state index in [1.54, 1.807) is 36.4 Å². The molecule has 2 aromatic rings. The Balaban J connectivity index is 1.35. The van der Waals surface area contributed by atoms with Gasteiger partial charge in [-0.15, -0.1) is 0 Å². The molecule has 33 heavy (non-hydrogen) atoms. The fourth-order valence-electron chi connectivity index (χ4n) is 3.46. The molecule has 1 N–H and O–H groups in total. The van der Waals surface area contributed by atoms with Crippen LogP contribution in [-0.4, -0.2) is 39.2 Å². The zero-order valence-electron chi connectivity index (χ0n) is 19.3. The van der Waals surface area contributed by atoms with E-state index < -0.39 is 16.0 Å². The van der Waals surface area contributed by atoms with Gasteiger partial charge in [-0.25, -0.2) is 8.42 Å². The molecule has 0 unspecified atom stereocenters. The fourth-order valence-corrected chi connectivity index (χ4v) is 4.71. The van der Waals surface area contributed by atoms with Crippen LogP contribution < -0.4 is 4.72 Å². The third-order valence-corrected chi connectivity index (χ3v) is 6.81. The number of ketones is 1. The van der Waals surface area contributed by atoms with Gasteiger partial charge in [-0.1, -0.05) is 63.6 Å². The van der Waals surface area contributed by atoms with E-state index >= 15 is 0 Å². The summed E-state index contributed by atoms with van der Waals surface area (Å²) in [5.41, 5.74) is 2.25. The maximum atomic E-state index is 12.2. The Bertz CT molecular complexity index is 1150. The highest BCUT2D eigenvalue weighted by molar-refractivity contribution is 7.90. The number of ether oxygens (including phenoxy) is 1. The second-order valence-corrected chi connectivity index (χ2v) is 10.7. The molecule has 0 fully saturated rings. The third-order valence-electron chi connectivity index (χ3n) is 5.41. The van der Waals surface area contributed by atoms with Crippen LogP contribution in [0.2, 0.25) is 0 Å². The van der Waals surface area contributed by atoms with Crippen LogP contribution in [-0.2, 0) is 25.0 Å². The van der Waals surface area contributed by atoms with Gasteiger partial charge in [0.15, 0.2) is 12.4 Å². The van der Waals surface area contributed by atoms with Gasteiger partial charge < -0.3 is 4.74 Å². The van der Waals surface area contributed by atoms with Gasteiger partial charge in [-0.3, -0.25) is 19.3 Å². The van der Waals surface area contributed by atoms with Gasteiger partial charge in [-0.2, -0.15) is 0 Å². The highest BCUT2D eigenvalue weighted by atomic mass is 32.2. The Labute approximate surface area is 195 Å². The van der Waals surface area contributed by atoms with Crippen molar-refractivity contribution in [1.82, 2.24) is 4.72 Å². The minimum absolute atomic E-state index is 0.00974. The number of unbranched alkanes of at least 4 members (excludes halogenated alkanes) is 2. The van der Waals surface area contributed by atoms with Crippen molar-refractivity contribution in [2.75, 3.05) is 13.2 Å². The van der Waals surface area contributed by atoms with Crippen LogP contribution in [0, 0.1) is 0 Å². The molecule has 0 bridgehead atoms. The number of aliphatic imine (C=N–C) groups is 1. The first kappa shape index (κ1) is 24.6. The van der Waals surface area contributed by atoms with E-state index in [4.69, 9.17) is 4.74 Å². The Morgan fingerprint density at radius 1 is 0.970 bits per heavy atom. The molecule has 7 nitrogen and oxygen atoms in total. The van der Waals surface area contributed by atoms with Gasteiger partial charge in [0.1, 0.15) is 5.84 Å². The lowest BCUT2D eigenvalue weighted by atomic mass is 9.86. The van der Waals surface area contributed by atoms with E-state index in [0.29, 0.717) is 36.3 Å². The Morgan fingerprint density at radius 3 is 2.36 bits per heavy atom. The zero-order chi connectivity index (χ0) is 24.1. The molecule has 8 heteroatoms. The van der Waals surface area contributed by atoms with E-state index in [2.05, 4.69) is 30.5 Å². The van der Waals surface area contributed by atoms with Crippen molar-refractivity contribution in [2.45, 2.75) is 56.8 Å². The number of sulfonamides is 1. The quantitative estimate of drug-likeness (QED) is 0.339. The summed E-state index contributed by atoms with van der Waals surface area (Å²) in [5.74, 6) is -0.267. The number of nitrogens with zero attached hydrogens (tertiary/aromatic N) is 1. The van der Waals surface area contributed by atoms with E-state index in [1.165, 1.54) is 0 Å². The van der Waals surface area contributed by atoms with Gasteiger partial charge >= 0.3 is 5.97 Å². The van der Waals surface area contributed by atoms with Crippen LogP contribution in [0.4, 0.5) is 0 Å². The van der Waals surface area contributed by atoms with Crippen LogP contribution in [0.1, 0.15) is 67.9 Å². The summed E-state index contributed by atoms with van der Waals surface area (Å²) in [6.07, 6.45) is 2.28. The van der Waals surface area contributed by atoms with Crippen molar-refractivity contribution in [3.05, 3.63) is 65.2 Å². The monoisotopic (exact) mass is 470 g/mol. The molecule has 0 saturated heterocycles. The van der Waals surface area contributed by atoms with E-state index in [9.17, 15) is 18.0 Å². The molecule has 1 heterocycles. The summed E-state index contributed by atoms with van der Waals surface area (Å²) in [6.45, 7) is 6.50. The maximum absolute atomic E-state index is 12.2. The predicted octanol–water partition coefficient (Wildman–Crippen LogP) is 4.01. The van der Waals surface area contributed by atoms with Crippen LogP contribution in [0.5, 0.6) is 0 Å². The molecule has 2 aromatic carbocycles. The number of amidine groups is 1. The molecule has 1 aliphatic heterocycles. The molecule has 0 radical (unpaired) electrons. The second-order valence-electron chi connectivity index (χ2n) is 9.05. The molecule has 0 spiro atoms. The van der Waals surface area contributed by atoms with Crippen LogP contribution in [0.15, 0.2) is 58.4 Å². The summed E-state index contributed by atoms with van der Waals surface area (Å²) in [7, 11) is -3.53. The van der Waals surface area contributed by atoms with Crippen LogP contribution in [0.3, 0.4) is 0 Å². The molecule has 0 aromatic heterocycles. The zero-order valence-corrected chi connectivity index (χ0v) is 20.1. The SMILES string of the molecule is CC(C)(C)c1ccc(C(=O)COC(=O)CCCCCN=C2NS(=O)(=O)c3ccccc32)cc1. The minimum atomic E-state index is -3.53. The maximum Gasteiger partial charge on any atom is 0.306 e. The largest absolute Gasteiger partial charge is 0.457 e.